The first-order chi connectivity index (χ1) is 8.05. The van der Waals surface area contributed by atoms with Gasteiger partial charge >= 0.3 is 18.0 Å². The maximum atomic E-state index is 13.0. The van der Waals surface area contributed by atoms with E-state index in [0.29, 0.717) is 6.07 Å². The molecule has 1 rings (SSSR count). The summed E-state index contributed by atoms with van der Waals surface area (Å²) in [6, 6.07) is 2.63. The highest BCUT2D eigenvalue weighted by molar-refractivity contribution is 9.10. The van der Waals surface area contributed by atoms with Crippen LogP contribution in [0.15, 0.2) is 22.7 Å². The minimum Gasteiger partial charge on any atom is -0.320 e. The van der Waals surface area contributed by atoms with Crippen molar-refractivity contribution in [2.75, 3.05) is 5.32 Å². The minimum absolute atomic E-state index is 0.0249. The van der Waals surface area contributed by atoms with Gasteiger partial charge in [-0.1, -0.05) is 0 Å². The summed E-state index contributed by atoms with van der Waals surface area (Å²) in [4.78, 5) is 10.8. The zero-order valence-electron chi connectivity index (χ0n) is 8.29. The van der Waals surface area contributed by atoms with E-state index >= 15 is 0 Å². The molecule has 0 aromatic heterocycles. The summed E-state index contributed by atoms with van der Waals surface area (Å²) in [5.41, 5.74) is -0.510. The number of alkyl halides is 5. The van der Waals surface area contributed by atoms with Crippen LogP contribution in [0.3, 0.4) is 0 Å². The molecule has 0 bridgehead atoms. The maximum absolute atomic E-state index is 13.0. The molecule has 1 aromatic rings. The van der Waals surface area contributed by atoms with Crippen LogP contribution in [0.4, 0.5) is 32.0 Å². The minimum atomic E-state index is -6.01. The molecule has 2 nitrogen and oxygen atoms in total. The number of rotatable bonds is 2. The summed E-state index contributed by atoms with van der Waals surface area (Å²) in [5, 5.41) is 1.29. The molecule has 0 aliphatic heterocycles. The smallest absolute Gasteiger partial charge is 0.320 e. The van der Waals surface area contributed by atoms with Crippen molar-refractivity contribution in [3.63, 3.8) is 0 Å². The monoisotopic (exact) mass is 335 g/mol. The van der Waals surface area contributed by atoms with Gasteiger partial charge in [0.1, 0.15) is 5.82 Å². The molecule has 1 amide bonds. The fourth-order valence-electron chi connectivity index (χ4n) is 0.912. The lowest BCUT2D eigenvalue weighted by atomic mass is 10.2. The third-order valence-electron chi connectivity index (χ3n) is 1.82. The Hall–Kier alpha value is -1.25. The quantitative estimate of drug-likeness (QED) is 0.820. The summed E-state index contributed by atoms with van der Waals surface area (Å²) in [5.74, 6) is -9.03. The van der Waals surface area contributed by atoms with Crippen molar-refractivity contribution >= 4 is 27.5 Å². The molecule has 0 heterocycles. The molecule has 1 N–H and O–H groups in total. The van der Waals surface area contributed by atoms with Crippen molar-refractivity contribution in [1.82, 2.24) is 0 Å². The van der Waals surface area contributed by atoms with Crippen LogP contribution in [0.5, 0.6) is 0 Å². The zero-order chi connectivity index (χ0) is 14.1. The van der Waals surface area contributed by atoms with Gasteiger partial charge in [-0.3, -0.25) is 4.79 Å². The molecule has 0 atom stereocenters. The maximum Gasteiger partial charge on any atom is 0.463 e. The van der Waals surface area contributed by atoms with Crippen LogP contribution < -0.4 is 5.32 Å². The predicted octanol–water partition coefficient (Wildman–Crippen LogP) is 3.72. The Kier molecular flexibility index (Phi) is 3.94. The van der Waals surface area contributed by atoms with Crippen LogP contribution in [0, 0.1) is 5.82 Å². The van der Waals surface area contributed by atoms with Gasteiger partial charge in [0.05, 0.1) is 4.47 Å². The van der Waals surface area contributed by atoms with Crippen LogP contribution in [0.25, 0.3) is 0 Å². The third-order valence-corrected chi connectivity index (χ3v) is 2.46. The molecule has 18 heavy (non-hydrogen) atoms. The number of hydrogen-bond acceptors (Lipinski definition) is 1. The average molecular weight is 336 g/mol. The predicted molar refractivity (Wildman–Crippen MR) is 53.7 cm³/mol. The first-order valence-electron chi connectivity index (χ1n) is 4.27. The van der Waals surface area contributed by atoms with Crippen LogP contribution in [0.2, 0.25) is 0 Å². The summed E-state index contributed by atoms with van der Waals surface area (Å²) in [6.07, 6.45) is -6.01. The fraction of sp³-hybridized carbons (Fsp3) is 0.222. The Labute approximate surface area is 105 Å². The molecule has 1 aromatic carbocycles. The van der Waals surface area contributed by atoms with Crippen molar-refractivity contribution in [2.45, 2.75) is 12.1 Å². The Balaban J connectivity index is 2.91. The van der Waals surface area contributed by atoms with E-state index in [1.807, 2.05) is 0 Å². The van der Waals surface area contributed by atoms with E-state index in [4.69, 9.17) is 0 Å². The van der Waals surface area contributed by atoms with Crippen LogP contribution in [-0.4, -0.2) is 18.0 Å². The van der Waals surface area contributed by atoms with Gasteiger partial charge in [0.2, 0.25) is 0 Å². The number of anilines is 1. The zero-order valence-corrected chi connectivity index (χ0v) is 9.87. The number of carbonyl (C=O) groups is 1. The van der Waals surface area contributed by atoms with E-state index in [0.717, 1.165) is 12.1 Å². The lowest BCUT2D eigenvalue weighted by molar-refractivity contribution is -0.267. The molecule has 0 radical (unpaired) electrons. The second-order valence-electron chi connectivity index (χ2n) is 3.16. The van der Waals surface area contributed by atoms with Gasteiger partial charge in [0.25, 0.3) is 0 Å². The largest absolute Gasteiger partial charge is 0.463 e. The Morgan fingerprint density at radius 1 is 1.17 bits per heavy atom. The highest BCUT2D eigenvalue weighted by Crippen LogP contribution is 2.36. The normalized spacial score (nSPS) is 12.4. The molecule has 100 valence electrons. The summed E-state index contributed by atoms with van der Waals surface area (Å²) in [7, 11) is 0. The molecule has 0 unspecified atom stereocenters. The number of benzene rings is 1. The Morgan fingerprint density at radius 3 is 2.17 bits per heavy atom. The van der Waals surface area contributed by atoms with E-state index in [1.54, 1.807) is 0 Å². The van der Waals surface area contributed by atoms with Crippen LogP contribution in [-0.2, 0) is 4.79 Å². The second kappa shape index (κ2) is 4.79. The summed E-state index contributed by atoms with van der Waals surface area (Å²) < 4.78 is 73.5. The molecular formula is C9H4BrF6NO. The first kappa shape index (κ1) is 14.8. The Morgan fingerprint density at radius 2 is 1.72 bits per heavy atom. The standard InChI is InChI=1S/C9H4BrF6NO/c10-5-2-1-4(3-6(5)11)17-7(18)8(12,13)9(14,15)16/h1-3H,(H,17,18). The number of carbonyl (C=O) groups excluding carboxylic acids is 1. The van der Waals surface area contributed by atoms with Gasteiger partial charge < -0.3 is 5.32 Å². The van der Waals surface area contributed by atoms with E-state index < -0.39 is 29.5 Å². The van der Waals surface area contributed by atoms with Crippen molar-refractivity contribution < 1.29 is 31.1 Å². The average Bonchev–Trinajstić information content (AvgIpc) is 2.21. The van der Waals surface area contributed by atoms with E-state index in [2.05, 4.69) is 15.9 Å². The van der Waals surface area contributed by atoms with Gasteiger partial charge in [0, 0.05) is 5.69 Å². The Bertz CT molecular complexity index is 473. The molecule has 9 heteroatoms. The van der Waals surface area contributed by atoms with E-state index in [9.17, 15) is 31.1 Å². The van der Waals surface area contributed by atoms with Gasteiger partial charge in [0.15, 0.2) is 0 Å². The third kappa shape index (κ3) is 2.95. The molecule has 0 saturated carbocycles. The topological polar surface area (TPSA) is 29.1 Å². The van der Waals surface area contributed by atoms with Gasteiger partial charge in [-0.15, -0.1) is 0 Å². The number of amides is 1. The fourth-order valence-corrected chi connectivity index (χ4v) is 1.16. The van der Waals surface area contributed by atoms with Crippen molar-refractivity contribution in [3.05, 3.63) is 28.5 Å². The molecule has 0 fully saturated rings. The lowest BCUT2D eigenvalue weighted by Gasteiger charge is -2.18. The van der Waals surface area contributed by atoms with Gasteiger partial charge in [-0.25, -0.2) is 4.39 Å². The number of halogens is 7. The van der Waals surface area contributed by atoms with E-state index in [1.165, 1.54) is 5.32 Å². The SMILES string of the molecule is O=C(Nc1ccc(Br)c(F)c1)C(F)(F)C(F)(F)F. The number of hydrogen-bond donors (Lipinski definition) is 1. The van der Waals surface area contributed by atoms with Crippen molar-refractivity contribution in [3.8, 4) is 0 Å². The molecule has 0 saturated heterocycles. The second-order valence-corrected chi connectivity index (χ2v) is 4.01. The van der Waals surface area contributed by atoms with E-state index in [-0.39, 0.29) is 4.47 Å². The van der Waals surface area contributed by atoms with Crippen molar-refractivity contribution in [1.29, 1.82) is 0 Å². The molecule has 0 aliphatic carbocycles. The highest BCUT2D eigenvalue weighted by Gasteiger charge is 2.63. The van der Waals surface area contributed by atoms with Gasteiger partial charge in [-0.2, -0.15) is 22.0 Å². The summed E-state index contributed by atoms with van der Waals surface area (Å²) in [6.45, 7) is 0. The molecule has 0 spiro atoms. The highest BCUT2D eigenvalue weighted by atomic mass is 79.9. The van der Waals surface area contributed by atoms with Crippen LogP contribution in [0.1, 0.15) is 0 Å². The molecular weight excluding hydrogens is 332 g/mol. The molecule has 0 aliphatic rings. The summed E-state index contributed by atoms with van der Waals surface area (Å²) >= 11 is 2.75. The number of nitrogens with one attached hydrogen (secondary N) is 1. The lowest BCUT2D eigenvalue weighted by Crippen LogP contribution is -2.47. The van der Waals surface area contributed by atoms with Gasteiger partial charge in [-0.05, 0) is 34.1 Å². The first-order valence-corrected chi connectivity index (χ1v) is 5.06. The van der Waals surface area contributed by atoms with Crippen LogP contribution >= 0.6 is 15.9 Å². The van der Waals surface area contributed by atoms with Crippen molar-refractivity contribution in [2.24, 2.45) is 0 Å².